The number of nitrogens with one attached hydrogen (secondary N) is 1. The molecule has 0 aliphatic carbocycles. The fraction of sp³-hybridized carbons (Fsp3) is 0.421. The van der Waals surface area contributed by atoms with Crippen LogP contribution in [0.3, 0.4) is 0 Å². The van der Waals surface area contributed by atoms with Crippen molar-refractivity contribution in [1.82, 2.24) is 19.9 Å². The van der Waals surface area contributed by atoms with Gasteiger partial charge in [-0.25, -0.2) is 9.97 Å². The molecule has 2 aromatic heterocycles. The number of amides is 1. The van der Waals surface area contributed by atoms with Crippen molar-refractivity contribution in [3.05, 3.63) is 54.8 Å². The monoisotopic (exact) mass is 355 g/mol. The second-order valence-electron chi connectivity index (χ2n) is 6.59. The van der Waals surface area contributed by atoms with Crippen molar-refractivity contribution in [2.75, 3.05) is 24.5 Å². The van der Waals surface area contributed by atoms with E-state index in [1.807, 2.05) is 23.9 Å². The second-order valence-corrected chi connectivity index (χ2v) is 6.59. The first kappa shape index (κ1) is 18.1. The number of nitrogens with zero attached hydrogens (tertiary/aromatic N) is 4. The van der Waals surface area contributed by atoms with Crippen LogP contribution in [0, 0.1) is 5.92 Å². The van der Waals surface area contributed by atoms with Crippen molar-refractivity contribution in [2.45, 2.75) is 18.9 Å². The predicted octanol–water partition coefficient (Wildman–Crippen LogP) is 1.68. The quantitative estimate of drug-likeness (QED) is 0.771. The molecule has 1 fully saturated rings. The number of hydrogen-bond acceptors (Lipinski definition) is 5. The van der Waals surface area contributed by atoms with Gasteiger partial charge in [-0.3, -0.25) is 4.79 Å². The van der Waals surface area contributed by atoms with Crippen LogP contribution >= 0.6 is 0 Å². The Morgan fingerprint density at radius 2 is 2.35 bits per heavy atom. The fourth-order valence-corrected chi connectivity index (χ4v) is 3.32. The molecule has 0 saturated carbocycles. The van der Waals surface area contributed by atoms with Gasteiger partial charge in [0.05, 0.1) is 5.56 Å². The molecule has 1 saturated heterocycles. The molecule has 26 heavy (non-hydrogen) atoms. The maximum Gasteiger partial charge on any atom is 0.253 e. The summed E-state index contributed by atoms with van der Waals surface area (Å²) in [4.78, 5) is 22.8. The van der Waals surface area contributed by atoms with Gasteiger partial charge in [0.2, 0.25) is 0 Å². The van der Waals surface area contributed by atoms with Crippen LogP contribution in [0.2, 0.25) is 0 Å². The molecule has 0 aromatic carbocycles. The van der Waals surface area contributed by atoms with Crippen LogP contribution in [0.1, 0.15) is 35.1 Å². The van der Waals surface area contributed by atoms with Crippen LogP contribution in [0.5, 0.6) is 0 Å². The highest BCUT2D eigenvalue weighted by atomic mass is 16.3. The molecule has 2 N–H and O–H groups in total. The van der Waals surface area contributed by atoms with E-state index in [-0.39, 0.29) is 11.8 Å². The summed E-state index contributed by atoms with van der Waals surface area (Å²) < 4.78 is 1.86. The molecule has 2 aromatic rings. The third-order valence-electron chi connectivity index (χ3n) is 4.77. The molecule has 3 rings (SSSR count). The van der Waals surface area contributed by atoms with Crippen LogP contribution in [0.4, 0.5) is 5.82 Å². The van der Waals surface area contributed by atoms with Crippen molar-refractivity contribution in [3.8, 4) is 0 Å². The van der Waals surface area contributed by atoms with E-state index in [1.54, 1.807) is 24.5 Å². The number of carbonyl (C=O) groups excluding carboxylic acids is 1. The normalized spacial score (nSPS) is 18.4. The van der Waals surface area contributed by atoms with Crippen LogP contribution in [-0.2, 0) is 7.05 Å². The summed E-state index contributed by atoms with van der Waals surface area (Å²) in [6.45, 7) is 5.61. The van der Waals surface area contributed by atoms with E-state index >= 15 is 0 Å². The lowest BCUT2D eigenvalue weighted by Gasteiger charge is -2.35. The molecule has 7 nitrogen and oxygen atoms in total. The standard InChI is InChI=1S/C19H25N5O2/c1-3-8-21-19(26)14-6-7-16(22-12-14)24-10-4-5-15(13-24)17(25)18-20-9-11-23(18)2/h3,6-7,9,11-12,15,17,25H,1,4-5,8,10,13H2,2H3,(H,21,26). The summed E-state index contributed by atoms with van der Waals surface area (Å²) in [6, 6.07) is 3.64. The summed E-state index contributed by atoms with van der Waals surface area (Å²) in [6.07, 6.45) is 8.12. The van der Waals surface area contributed by atoms with Crippen molar-refractivity contribution < 1.29 is 9.90 Å². The Morgan fingerprint density at radius 1 is 1.50 bits per heavy atom. The third kappa shape index (κ3) is 3.94. The van der Waals surface area contributed by atoms with Crippen LogP contribution in [0.25, 0.3) is 0 Å². The summed E-state index contributed by atoms with van der Waals surface area (Å²) in [5, 5.41) is 13.4. The van der Waals surface area contributed by atoms with Gasteiger partial charge in [-0.15, -0.1) is 6.58 Å². The average Bonchev–Trinajstić information content (AvgIpc) is 3.11. The SMILES string of the molecule is C=CCNC(=O)c1ccc(N2CCCC(C(O)c3nccn3C)C2)nc1. The highest BCUT2D eigenvalue weighted by molar-refractivity contribution is 5.94. The number of rotatable bonds is 6. The predicted molar refractivity (Wildman–Crippen MR) is 99.9 cm³/mol. The Bertz CT molecular complexity index is 756. The van der Waals surface area contributed by atoms with Crippen molar-refractivity contribution in [2.24, 2.45) is 13.0 Å². The Kier molecular flexibility index (Phi) is 5.68. The van der Waals surface area contributed by atoms with Gasteiger partial charge in [-0.2, -0.15) is 0 Å². The molecule has 2 atom stereocenters. The lowest BCUT2D eigenvalue weighted by atomic mass is 9.92. The number of pyridine rings is 1. The number of aromatic nitrogens is 3. The molecule has 3 heterocycles. The van der Waals surface area contributed by atoms with Gasteiger partial charge in [-0.1, -0.05) is 6.08 Å². The van der Waals surface area contributed by atoms with Crippen LogP contribution in [0.15, 0.2) is 43.4 Å². The number of aliphatic hydroxyl groups excluding tert-OH is 1. The summed E-state index contributed by atoms with van der Waals surface area (Å²) in [5.41, 5.74) is 0.525. The Labute approximate surface area is 153 Å². The van der Waals surface area contributed by atoms with E-state index in [9.17, 15) is 9.90 Å². The minimum absolute atomic E-state index is 0.0993. The van der Waals surface area contributed by atoms with Crippen LogP contribution in [-0.4, -0.2) is 45.2 Å². The number of piperidine rings is 1. The lowest BCUT2D eigenvalue weighted by Crippen LogP contribution is -2.38. The van der Waals surface area contributed by atoms with E-state index in [4.69, 9.17) is 0 Å². The molecular weight excluding hydrogens is 330 g/mol. The van der Waals surface area contributed by atoms with E-state index in [0.717, 1.165) is 25.2 Å². The van der Waals surface area contributed by atoms with E-state index in [2.05, 4.69) is 26.8 Å². The summed E-state index contributed by atoms with van der Waals surface area (Å²) in [7, 11) is 1.89. The second kappa shape index (κ2) is 8.14. The number of anilines is 1. The Hall–Kier alpha value is -2.67. The topological polar surface area (TPSA) is 83.3 Å². The zero-order valence-electron chi connectivity index (χ0n) is 15.0. The van der Waals surface area contributed by atoms with Gasteiger partial charge in [0.25, 0.3) is 5.91 Å². The molecule has 0 bridgehead atoms. The smallest absolute Gasteiger partial charge is 0.253 e. The van der Waals surface area contributed by atoms with Gasteiger partial charge in [0, 0.05) is 51.2 Å². The zero-order valence-corrected chi connectivity index (χ0v) is 15.0. The van der Waals surface area contributed by atoms with E-state index < -0.39 is 6.10 Å². The number of aliphatic hydroxyl groups is 1. The maximum atomic E-state index is 11.9. The first-order valence-corrected chi connectivity index (χ1v) is 8.85. The van der Waals surface area contributed by atoms with Crippen molar-refractivity contribution in [3.63, 3.8) is 0 Å². The van der Waals surface area contributed by atoms with Gasteiger partial charge >= 0.3 is 0 Å². The minimum atomic E-state index is -0.596. The Morgan fingerprint density at radius 3 is 3.00 bits per heavy atom. The molecule has 1 amide bonds. The van der Waals surface area contributed by atoms with E-state index in [0.29, 0.717) is 24.5 Å². The third-order valence-corrected chi connectivity index (χ3v) is 4.77. The molecule has 0 radical (unpaired) electrons. The highest BCUT2D eigenvalue weighted by Crippen LogP contribution is 2.30. The molecular formula is C19H25N5O2. The number of aryl methyl sites for hydroxylation is 1. The van der Waals surface area contributed by atoms with Gasteiger partial charge < -0.3 is 19.9 Å². The molecule has 138 valence electrons. The average molecular weight is 355 g/mol. The van der Waals surface area contributed by atoms with Crippen LogP contribution < -0.4 is 10.2 Å². The summed E-state index contributed by atoms with van der Waals surface area (Å²) in [5.74, 6) is 1.45. The van der Waals surface area contributed by atoms with Gasteiger partial charge in [0.1, 0.15) is 17.7 Å². The van der Waals surface area contributed by atoms with E-state index in [1.165, 1.54) is 0 Å². The van der Waals surface area contributed by atoms with Gasteiger partial charge in [0.15, 0.2) is 0 Å². The number of imidazole rings is 1. The number of carbonyl (C=O) groups is 1. The molecule has 0 spiro atoms. The lowest BCUT2D eigenvalue weighted by molar-refractivity contribution is 0.0874. The molecule has 2 unspecified atom stereocenters. The first-order chi connectivity index (χ1) is 12.6. The largest absolute Gasteiger partial charge is 0.385 e. The van der Waals surface area contributed by atoms with Crippen molar-refractivity contribution in [1.29, 1.82) is 0 Å². The first-order valence-electron chi connectivity index (χ1n) is 8.85. The molecule has 7 heteroatoms. The highest BCUT2D eigenvalue weighted by Gasteiger charge is 2.29. The number of hydrogen-bond donors (Lipinski definition) is 2. The Balaban J connectivity index is 1.66. The van der Waals surface area contributed by atoms with Gasteiger partial charge in [-0.05, 0) is 25.0 Å². The van der Waals surface area contributed by atoms with Crippen molar-refractivity contribution >= 4 is 11.7 Å². The molecule has 1 aliphatic heterocycles. The fourth-order valence-electron chi connectivity index (χ4n) is 3.32. The minimum Gasteiger partial charge on any atom is -0.385 e. The molecule has 1 aliphatic rings. The maximum absolute atomic E-state index is 11.9. The zero-order chi connectivity index (χ0) is 18.5. The summed E-state index contributed by atoms with van der Waals surface area (Å²) >= 11 is 0.